The van der Waals surface area contributed by atoms with Gasteiger partial charge in [-0.25, -0.2) is 0 Å². The van der Waals surface area contributed by atoms with Crippen LogP contribution in [0.3, 0.4) is 0 Å². The molecule has 2 aromatic heterocycles. The molecule has 0 amide bonds. The minimum atomic E-state index is -0.205. The van der Waals surface area contributed by atoms with Gasteiger partial charge in [0.2, 0.25) is 5.78 Å². The third kappa shape index (κ3) is 1.37. The van der Waals surface area contributed by atoms with E-state index in [1.807, 2.05) is 12.1 Å². The highest BCUT2D eigenvalue weighted by molar-refractivity contribution is 5.79. The molecule has 82 valence electrons. The summed E-state index contributed by atoms with van der Waals surface area (Å²) < 4.78 is 1.55. The second-order valence-electron chi connectivity index (χ2n) is 3.57. The fourth-order valence-corrected chi connectivity index (χ4v) is 1.77. The number of nitrogens with zero attached hydrogens (tertiary/aromatic N) is 4. The zero-order valence-corrected chi connectivity index (χ0v) is 8.71. The molecule has 1 aromatic carbocycles. The van der Waals surface area contributed by atoms with E-state index in [9.17, 15) is 4.79 Å². The first-order valence-corrected chi connectivity index (χ1v) is 5.03. The van der Waals surface area contributed by atoms with E-state index in [0.717, 1.165) is 0 Å². The van der Waals surface area contributed by atoms with Crippen LogP contribution in [0.25, 0.3) is 16.7 Å². The number of rotatable bonds is 1. The van der Waals surface area contributed by atoms with E-state index in [4.69, 9.17) is 5.26 Å². The van der Waals surface area contributed by atoms with Crippen molar-refractivity contribution in [3.63, 3.8) is 0 Å². The molecule has 0 radical (unpaired) electrons. The van der Waals surface area contributed by atoms with E-state index in [1.54, 1.807) is 22.7 Å². The molecule has 2 heterocycles. The molecule has 1 N–H and O–H groups in total. The van der Waals surface area contributed by atoms with Gasteiger partial charge < -0.3 is 0 Å². The normalized spacial score (nSPS) is 10.8. The Morgan fingerprint density at radius 3 is 3.06 bits per heavy atom. The number of fused-ring (bicyclic) bond motifs is 3. The van der Waals surface area contributed by atoms with Crippen LogP contribution in [-0.2, 0) is 6.42 Å². The molecule has 0 aliphatic carbocycles. The van der Waals surface area contributed by atoms with Gasteiger partial charge in [0.25, 0.3) is 5.56 Å². The molecule has 17 heavy (non-hydrogen) atoms. The van der Waals surface area contributed by atoms with Gasteiger partial charge >= 0.3 is 0 Å². The average molecular weight is 225 g/mol. The Morgan fingerprint density at radius 1 is 1.41 bits per heavy atom. The Balaban J connectivity index is 2.47. The zero-order valence-electron chi connectivity index (χ0n) is 8.71. The summed E-state index contributed by atoms with van der Waals surface area (Å²) in [4.78, 5) is 18.5. The third-order valence-corrected chi connectivity index (χ3v) is 2.49. The first-order chi connectivity index (χ1) is 8.29. The maximum absolute atomic E-state index is 11.8. The van der Waals surface area contributed by atoms with Crippen molar-refractivity contribution < 1.29 is 0 Å². The average Bonchev–Trinajstić information content (AvgIpc) is 2.73. The topological polar surface area (TPSA) is 86.8 Å². The van der Waals surface area contributed by atoms with Crippen LogP contribution in [0.1, 0.15) is 5.82 Å². The Bertz CT molecular complexity index is 808. The van der Waals surface area contributed by atoms with E-state index in [2.05, 4.69) is 15.1 Å². The molecular formula is C11H7N5O. The van der Waals surface area contributed by atoms with Crippen molar-refractivity contribution in [2.45, 2.75) is 6.42 Å². The van der Waals surface area contributed by atoms with Gasteiger partial charge in [0.05, 0.1) is 23.4 Å². The van der Waals surface area contributed by atoms with Gasteiger partial charge in [-0.1, -0.05) is 12.1 Å². The molecule has 0 saturated heterocycles. The van der Waals surface area contributed by atoms with Crippen LogP contribution in [0.5, 0.6) is 0 Å². The lowest BCUT2D eigenvalue weighted by Gasteiger charge is -1.97. The maximum atomic E-state index is 11.8. The SMILES string of the molecule is N#CCc1nc2[nH]c(=O)c3ccccc3n2n1. The number of hydrogen-bond acceptors (Lipinski definition) is 4. The summed E-state index contributed by atoms with van der Waals surface area (Å²) in [6.07, 6.45) is 0.123. The summed E-state index contributed by atoms with van der Waals surface area (Å²) in [6.45, 7) is 0. The Morgan fingerprint density at radius 2 is 2.24 bits per heavy atom. The molecule has 0 atom stereocenters. The van der Waals surface area contributed by atoms with Crippen LogP contribution < -0.4 is 5.56 Å². The lowest BCUT2D eigenvalue weighted by molar-refractivity contribution is 0.929. The van der Waals surface area contributed by atoms with Gasteiger partial charge in [-0.15, -0.1) is 5.10 Å². The molecule has 0 spiro atoms. The summed E-state index contributed by atoms with van der Waals surface area (Å²) in [6, 6.07) is 9.11. The molecule has 6 heteroatoms. The Kier molecular flexibility index (Phi) is 1.92. The number of H-pyrrole nitrogens is 1. The van der Waals surface area contributed by atoms with Gasteiger partial charge in [0.1, 0.15) is 0 Å². The molecule has 0 fully saturated rings. The predicted octanol–water partition coefficient (Wildman–Crippen LogP) is 0.637. The van der Waals surface area contributed by atoms with Crippen molar-refractivity contribution in [3.8, 4) is 6.07 Å². The van der Waals surface area contributed by atoms with Crippen LogP contribution >= 0.6 is 0 Å². The number of para-hydroxylation sites is 1. The summed E-state index contributed by atoms with van der Waals surface area (Å²) in [7, 11) is 0. The van der Waals surface area contributed by atoms with Crippen molar-refractivity contribution >= 4 is 16.7 Å². The van der Waals surface area contributed by atoms with Crippen molar-refractivity contribution in [2.24, 2.45) is 0 Å². The first kappa shape index (κ1) is 9.54. The monoisotopic (exact) mass is 225 g/mol. The van der Waals surface area contributed by atoms with Gasteiger partial charge in [-0.3, -0.25) is 9.78 Å². The zero-order chi connectivity index (χ0) is 11.8. The minimum Gasteiger partial charge on any atom is -0.290 e. The van der Waals surface area contributed by atoms with E-state index < -0.39 is 0 Å². The van der Waals surface area contributed by atoms with Crippen molar-refractivity contribution in [1.82, 2.24) is 19.6 Å². The van der Waals surface area contributed by atoms with Crippen molar-refractivity contribution in [1.29, 1.82) is 5.26 Å². The van der Waals surface area contributed by atoms with Gasteiger partial charge in [-0.05, 0) is 12.1 Å². The fourth-order valence-electron chi connectivity index (χ4n) is 1.77. The molecule has 3 rings (SSSR count). The summed E-state index contributed by atoms with van der Waals surface area (Å²) in [5.41, 5.74) is 0.479. The minimum absolute atomic E-state index is 0.123. The molecule has 0 bridgehead atoms. The molecule has 0 unspecified atom stereocenters. The number of hydrogen-bond donors (Lipinski definition) is 1. The Hall–Kier alpha value is -2.68. The molecule has 3 aromatic rings. The fraction of sp³-hybridized carbons (Fsp3) is 0.0909. The number of nitrogens with one attached hydrogen (secondary N) is 1. The molecule has 0 aliphatic rings. The van der Waals surface area contributed by atoms with Gasteiger partial charge in [-0.2, -0.15) is 14.8 Å². The van der Waals surface area contributed by atoms with E-state index >= 15 is 0 Å². The maximum Gasteiger partial charge on any atom is 0.260 e. The van der Waals surface area contributed by atoms with E-state index in [0.29, 0.717) is 22.5 Å². The standard InChI is InChI=1S/C11H7N5O/c12-6-5-9-13-11-14-10(17)7-3-1-2-4-8(7)16(11)15-9/h1-4H,5H2,(H,13,14,15,17). The largest absolute Gasteiger partial charge is 0.290 e. The highest BCUT2D eigenvalue weighted by Gasteiger charge is 2.08. The van der Waals surface area contributed by atoms with Crippen LogP contribution in [0.2, 0.25) is 0 Å². The summed E-state index contributed by atoms with van der Waals surface area (Å²) >= 11 is 0. The van der Waals surface area contributed by atoms with Crippen molar-refractivity contribution in [2.75, 3.05) is 0 Å². The van der Waals surface area contributed by atoms with Crippen LogP contribution in [0, 0.1) is 11.3 Å². The molecule has 6 nitrogen and oxygen atoms in total. The van der Waals surface area contributed by atoms with Crippen LogP contribution in [0.15, 0.2) is 29.1 Å². The van der Waals surface area contributed by atoms with Gasteiger partial charge in [0.15, 0.2) is 5.82 Å². The second-order valence-corrected chi connectivity index (χ2v) is 3.57. The molecular weight excluding hydrogens is 218 g/mol. The highest BCUT2D eigenvalue weighted by Crippen LogP contribution is 2.09. The van der Waals surface area contributed by atoms with Crippen molar-refractivity contribution in [3.05, 3.63) is 40.4 Å². The van der Waals surface area contributed by atoms with Crippen LogP contribution in [0.4, 0.5) is 0 Å². The first-order valence-electron chi connectivity index (χ1n) is 5.03. The lowest BCUT2D eigenvalue weighted by atomic mass is 10.2. The lowest BCUT2D eigenvalue weighted by Crippen LogP contribution is -2.10. The van der Waals surface area contributed by atoms with Gasteiger partial charge in [0, 0.05) is 0 Å². The number of nitriles is 1. The summed E-state index contributed by atoms with van der Waals surface area (Å²) in [5, 5.41) is 13.3. The number of benzene rings is 1. The summed E-state index contributed by atoms with van der Waals surface area (Å²) in [5.74, 6) is 0.762. The predicted molar refractivity (Wildman–Crippen MR) is 60.4 cm³/mol. The quantitative estimate of drug-likeness (QED) is 0.658. The smallest absolute Gasteiger partial charge is 0.260 e. The highest BCUT2D eigenvalue weighted by atomic mass is 16.1. The third-order valence-electron chi connectivity index (χ3n) is 2.49. The molecule has 0 aliphatic heterocycles. The Labute approximate surface area is 95.1 Å². The van der Waals surface area contributed by atoms with E-state index in [1.165, 1.54) is 0 Å². The molecule has 0 saturated carbocycles. The number of aromatic nitrogens is 4. The van der Waals surface area contributed by atoms with E-state index in [-0.39, 0.29) is 12.0 Å². The number of aromatic amines is 1. The second kappa shape index (κ2) is 3.42. The van der Waals surface area contributed by atoms with Crippen LogP contribution in [-0.4, -0.2) is 19.6 Å².